The summed E-state index contributed by atoms with van der Waals surface area (Å²) in [5.41, 5.74) is 2.04. The van der Waals surface area contributed by atoms with E-state index in [1.165, 1.54) is 0 Å². The number of aliphatic hydroxyl groups excluding tert-OH is 1. The van der Waals surface area contributed by atoms with Crippen LogP contribution in [0.5, 0.6) is 0 Å². The largest absolute Gasteiger partial charge is 0.463 e. The summed E-state index contributed by atoms with van der Waals surface area (Å²) in [6, 6.07) is 19.0. The quantitative estimate of drug-likeness (QED) is 0.121. The van der Waals surface area contributed by atoms with E-state index in [2.05, 4.69) is 23.8 Å². The topological polar surface area (TPSA) is 114 Å². The maximum Gasteiger partial charge on any atom is 0.309 e. The summed E-state index contributed by atoms with van der Waals surface area (Å²) in [4.78, 5) is 38.9. The molecule has 0 radical (unpaired) electrons. The van der Waals surface area contributed by atoms with Gasteiger partial charge in [-0.3, -0.25) is 14.4 Å². The zero-order chi connectivity index (χ0) is 29.7. The fraction of sp³-hybridized carbons (Fsp3) is 0.424. The molecule has 0 aromatic heterocycles. The van der Waals surface area contributed by atoms with Gasteiger partial charge in [-0.1, -0.05) is 72.8 Å². The van der Waals surface area contributed by atoms with E-state index in [0.717, 1.165) is 11.1 Å². The van der Waals surface area contributed by atoms with Crippen molar-refractivity contribution in [3.8, 4) is 0 Å². The van der Waals surface area contributed by atoms with E-state index in [4.69, 9.17) is 14.6 Å². The van der Waals surface area contributed by atoms with Crippen LogP contribution >= 0.6 is 0 Å². The molecule has 8 heteroatoms. The van der Waals surface area contributed by atoms with Crippen LogP contribution in [0.3, 0.4) is 0 Å². The van der Waals surface area contributed by atoms with E-state index < -0.39 is 12.0 Å². The number of benzene rings is 2. The molecule has 0 saturated heterocycles. The number of aliphatic hydroxyl groups is 1. The minimum Gasteiger partial charge on any atom is -0.463 e. The highest BCUT2D eigenvalue weighted by molar-refractivity contribution is 5.86. The monoisotopic (exact) mass is 564 g/mol. The van der Waals surface area contributed by atoms with E-state index in [9.17, 15) is 14.4 Å². The molecular weight excluding hydrogens is 520 g/mol. The molecule has 0 heterocycles. The molecule has 0 fully saturated rings. The van der Waals surface area contributed by atoms with E-state index in [1.807, 2.05) is 60.7 Å². The van der Waals surface area contributed by atoms with Crippen molar-refractivity contribution >= 4 is 17.8 Å². The first-order chi connectivity index (χ1) is 20.0. The van der Waals surface area contributed by atoms with Crippen molar-refractivity contribution in [1.29, 1.82) is 0 Å². The van der Waals surface area contributed by atoms with Gasteiger partial charge in [0, 0.05) is 13.0 Å². The number of carbonyl (C=O) groups excluding carboxylic acids is 3. The molecule has 8 nitrogen and oxygen atoms in total. The number of carbonyl (C=O) groups is 3. The van der Waals surface area contributed by atoms with Crippen LogP contribution in [0.15, 0.2) is 86.0 Å². The third-order valence-corrected chi connectivity index (χ3v) is 6.53. The van der Waals surface area contributed by atoms with Crippen molar-refractivity contribution in [3.63, 3.8) is 0 Å². The van der Waals surface area contributed by atoms with Crippen LogP contribution in [0.1, 0.15) is 36.8 Å². The minimum absolute atomic E-state index is 0.00798. The average molecular weight is 565 g/mol. The Kier molecular flexibility index (Phi) is 16.5. The molecule has 0 aliphatic rings. The highest BCUT2D eigenvalue weighted by Gasteiger charge is 2.26. The lowest BCUT2D eigenvalue weighted by molar-refractivity contribution is -0.150. The van der Waals surface area contributed by atoms with Gasteiger partial charge < -0.3 is 25.2 Å². The summed E-state index contributed by atoms with van der Waals surface area (Å²) >= 11 is 0. The zero-order valence-corrected chi connectivity index (χ0v) is 23.8. The predicted octanol–water partition coefficient (Wildman–Crippen LogP) is 3.79. The Balaban J connectivity index is 2.05. The van der Waals surface area contributed by atoms with E-state index in [0.29, 0.717) is 32.1 Å². The summed E-state index contributed by atoms with van der Waals surface area (Å²) in [7, 11) is 0. The summed E-state index contributed by atoms with van der Waals surface area (Å²) in [6.07, 6.45) is 6.04. The highest BCUT2D eigenvalue weighted by atomic mass is 16.5. The van der Waals surface area contributed by atoms with Crippen molar-refractivity contribution in [2.75, 3.05) is 33.0 Å². The van der Waals surface area contributed by atoms with Crippen molar-refractivity contribution in [2.45, 2.75) is 44.6 Å². The van der Waals surface area contributed by atoms with Crippen LogP contribution in [0, 0.1) is 11.8 Å². The van der Waals surface area contributed by atoms with Crippen LogP contribution < -0.4 is 10.6 Å². The van der Waals surface area contributed by atoms with Crippen LogP contribution in [0.4, 0.5) is 0 Å². The lowest BCUT2D eigenvalue weighted by atomic mass is 9.95. The van der Waals surface area contributed by atoms with Crippen LogP contribution in [-0.2, 0) is 36.7 Å². The minimum atomic E-state index is -0.627. The molecule has 3 N–H and O–H groups in total. The van der Waals surface area contributed by atoms with Crippen LogP contribution in [-0.4, -0.2) is 61.9 Å². The van der Waals surface area contributed by atoms with Gasteiger partial charge in [0.15, 0.2) is 0 Å². The second kappa shape index (κ2) is 20.2. The van der Waals surface area contributed by atoms with Crippen molar-refractivity contribution in [3.05, 3.63) is 97.1 Å². The van der Waals surface area contributed by atoms with Gasteiger partial charge in [0.2, 0.25) is 11.8 Å². The molecule has 2 amide bonds. The number of esters is 1. The SMILES string of the molecule is C=CCC[C@H](Cc1ccccc1)C(=O)OC[C@@H](Cc1ccccc1)NC(=O)[C@H](CC=C)CC(=O)NCCOCCO. The third kappa shape index (κ3) is 13.9. The fourth-order valence-corrected chi connectivity index (χ4v) is 4.40. The molecule has 3 atom stereocenters. The molecule has 2 aromatic rings. The van der Waals surface area contributed by atoms with Crippen molar-refractivity contribution in [1.82, 2.24) is 10.6 Å². The smallest absolute Gasteiger partial charge is 0.309 e. The van der Waals surface area contributed by atoms with Crippen molar-refractivity contribution < 1.29 is 29.0 Å². The number of nitrogens with one attached hydrogen (secondary N) is 2. The van der Waals surface area contributed by atoms with Crippen molar-refractivity contribution in [2.24, 2.45) is 11.8 Å². The van der Waals surface area contributed by atoms with Crippen LogP contribution in [0.25, 0.3) is 0 Å². The first kappa shape index (κ1) is 33.5. The summed E-state index contributed by atoms with van der Waals surface area (Å²) in [6.45, 7) is 8.20. The Bertz CT molecular complexity index is 1060. The molecule has 2 aromatic carbocycles. The zero-order valence-electron chi connectivity index (χ0n) is 23.8. The first-order valence-corrected chi connectivity index (χ1v) is 14.2. The highest BCUT2D eigenvalue weighted by Crippen LogP contribution is 2.18. The van der Waals surface area contributed by atoms with E-state index >= 15 is 0 Å². The van der Waals surface area contributed by atoms with Gasteiger partial charge in [0.05, 0.1) is 37.7 Å². The fourth-order valence-electron chi connectivity index (χ4n) is 4.40. The predicted molar refractivity (Wildman–Crippen MR) is 160 cm³/mol. The van der Waals surface area contributed by atoms with Gasteiger partial charge in [0.25, 0.3) is 0 Å². The number of hydrogen-bond acceptors (Lipinski definition) is 6. The second-order valence-electron chi connectivity index (χ2n) is 9.89. The number of allylic oxidation sites excluding steroid dienone is 2. The molecular formula is C33H44N2O6. The van der Waals surface area contributed by atoms with E-state index in [1.54, 1.807) is 12.2 Å². The van der Waals surface area contributed by atoms with Gasteiger partial charge in [-0.15, -0.1) is 13.2 Å². The Morgan fingerprint density at radius 1 is 0.878 bits per heavy atom. The van der Waals surface area contributed by atoms with Gasteiger partial charge in [0.1, 0.15) is 6.61 Å². The van der Waals surface area contributed by atoms with Gasteiger partial charge in [-0.25, -0.2) is 0 Å². The number of amides is 2. The standard InChI is InChI=1S/C33H44N2O6/c1-3-5-17-29(22-26-13-8-6-9-14-26)33(39)41-25-30(23-27-15-10-7-11-16-27)35-32(38)28(12-4-2)24-31(37)34-18-20-40-21-19-36/h3-4,6-11,13-16,28-30,36H,1-2,5,12,17-25H2,(H,34,37)(H,35,38)/t28-,29-,30-/m1/s1. The maximum atomic E-state index is 13.3. The molecule has 0 bridgehead atoms. The molecule has 2 rings (SSSR count). The molecule has 0 aliphatic carbocycles. The first-order valence-electron chi connectivity index (χ1n) is 14.2. The third-order valence-electron chi connectivity index (χ3n) is 6.53. The average Bonchev–Trinajstić information content (AvgIpc) is 2.98. The maximum absolute atomic E-state index is 13.3. The lowest BCUT2D eigenvalue weighted by Gasteiger charge is -2.24. The molecule has 0 aliphatic heterocycles. The second-order valence-corrected chi connectivity index (χ2v) is 9.89. The van der Waals surface area contributed by atoms with E-state index in [-0.39, 0.29) is 63.1 Å². The summed E-state index contributed by atoms with van der Waals surface area (Å²) < 4.78 is 10.9. The Morgan fingerprint density at radius 2 is 1.54 bits per heavy atom. The number of rotatable bonds is 21. The Labute approximate surface area is 243 Å². The van der Waals surface area contributed by atoms with Gasteiger partial charge in [-0.05, 0) is 43.2 Å². The number of hydrogen-bond donors (Lipinski definition) is 3. The molecule has 0 saturated carbocycles. The van der Waals surface area contributed by atoms with Crippen LogP contribution in [0.2, 0.25) is 0 Å². The molecule has 0 unspecified atom stereocenters. The molecule has 41 heavy (non-hydrogen) atoms. The molecule has 222 valence electrons. The van der Waals surface area contributed by atoms with Gasteiger partial charge in [-0.2, -0.15) is 0 Å². The number of ether oxygens (including phenoxy) is 2. The van der Waals surface area contributed by atoms with Gasteiger partial charge >= 0.3 is 5.97 Å². The Hall–Kier alpha value is -3.75. The Morgan fingerprint density at radius 3 is 2.15 bits per heavy atom. The summed E-state index contributed by atoms with van der Waals surface area (Å²) in [5, 5.41) is 14.5. The summed E-state index contributed by atoms with van der Waals surface area (Å²) in [5.74, 6) is -1.86. The normalized spacial score (nSPS) is 12.9. The molecule has 0 spiro atoms. The lowest BCUT2D eigenvalue weighted by Crippen LogP contribution is -2.44.